The van der Waals surface area contributed by atoms with Crippen LogP contribution in [0.15, 0.2) is 25.3 Å². The molecule has 0 aliphatic rings. The van der Waals surface area contributed by atoms with E-state index in [-0.39, 0.29) is 51.4 Å². The summed E-state index contributed by atoms with van der Waals surface area (Å²) in [6.45, 7) is 7.20. The van der Waals surface area contributed by atoms with Gasteiger partial charge in [-0.1, -0.05) is 12.2 Å². The third-order valence-corrected chi connectivity index (χ3v) is 0.946. The maximum Gasteiger partial charge on any atom is 1.00 e. The summed E-state index contributed by atoms with van der Waals surface area (Å²) in [6.07, 6.45) is 9.30. The number of hydrogen-bond donors (Lipinski definition) is 0. The van der Waals surface area contributed by atoms with Gasteiger partial charge in [-0.2, -0.15) is 0 Å². The molecular formula is C8H13K+. The first kappa shape index (κ1) is 12.8. The predicted molar refractivity (Wildman–Crippen MR) is 38.5 cm³/mol. The molecule has 0 bridgehead atoms. The zero-order chi connectivity index (χ0) is 6.24. The Labute approximate surface area is 101 Å². The van der Waals surface area contributed by atoms with Crippen LogP contribution >= 0.6 is 0 Å². The summed E-state index contributed by atoms with van der Waals surface area (Å²) in [5.74, 6) is 0. The van der Waals surface area contributed by atoms with E-state index < -0.39 is 0 Å². The Morgan fingerprint density at radius 3 is 2.22 bits per heavy atom. The second-order valence-corrected chi connectivity index (χ2v) is 1.69. The second-order valence-electron chi connectivity index (χ2n) is 1.69. The first-order chi connectivity index (χ1) is 3.91. The van der Waals surface area contributed by atoms with E-state index in [1.54, 1.807) is 0 Å². The van der Waals surface area contributed by atoms with Gasteiger partial charge in [0.05, 0.1) is 0 Å². The molecule has 0 aliphatic carbocycles. The van der Waals surface area contributed by atoms with Crippen LogP contribution in [0.25, 0.3) is 0 Å². The van der Waals surface area contributed by atoms with Gasteiger partial charge in [0.2, 0.25) is 0 Å². The first-order valence-corrected chi connectivity index (χ1v) is 2.97. The molecule has 1 radical (unpaired) electrons. The Bertz CT molecular complexity index is 57.0. The largest absolute Gasteiger partial charge is 1.00 e. The van der Waals surface area contributed by atoms with Crippen LogP contribution in [0.3, 0.4) is 0 Å². The number of hydrogen-bond acceptors (Lipinski definition) is 0. The summed E-state index contributed by atoms with van der Waals surface area (Å²) in [5.41, 5.74) is 0. The second kappa shape index (κ2) is 11.9. The molecule has 0 fully saturated rings. The molecule has 0 heterocycles. The van der Waals surface area contributed by atoms with Crippen LogP contribution < -0.4 is 51.4 Å². The van der Waals surface area contributed by atoms with Gasteiger partial charge in [-0.15, -0.1) is 13.2 Å². The first-order valence-electron chi connectivity index (χ1n) is 2.97. The molecule has 0 spiro atoms. The summed E-state index contributed by atoms with van der Waals surface area (Å²) in [7, 11) is 0. The summed E-state index contributed by atoms with van der Waals surface area (Å²) in [6, 6.07) is 0. The number of unbranched alkanes of at least 4 members (excludes halogenated alkanes) is 3. The molecule has 0 N–H and O–H groups in total. The van der Waals surface area contributed by atoms with Gasteiger partial charge in [-0.3, -0.25) is 0 Å². The molecule has 45 valence electrons. The third-order valence-electron chi connectivity index (χ3n) is 0.946. The Morgan fingerprint density at radius 1 is 1.11 bits per heavy atom. The Kier molecular flexibility index (Phi) is 16.8. The van der Waals surface area contributed by atoms with Crippen molar-refractivity contribution in [1.82, 2.24) is 0 Å². The summed E-state index contributed by atoms with van der Waals surface area (Å²) in [5, 5.41) is 0. The van der Waals surface area contributed by atoms with Crippen LogP contribution in [-0.4, -0.2) is 0 Å². The van der Waals surface area contributed by atoms with Gasteiger partial charge in [0, 0.05) is 0 Å². The van der Waals surface area contributed by atoms with E-state index in [9.17, 15) is 0 Å². The van der Waals surface area contributed by atoms with Crippen molar-refractivity contribution in [3.63, 3.8) is 0 Å². The minimum Gasteiger partial charge on any atom is -0.103 e. The SMILES string of the molecule is C=C[CH]CCCC=C.[K+]. The van der Waals surface area contributed by atoms with Crippen molar-refractivity contribution in [2.45, 2.75) is 19.3 Å². The minimum atomic E-state index is 0. The summed E-state index contributed by atoms with van der Waals surface area (Å²) in [4.78, 5) is 0. The molecule has 0 aromatic carbocycles. The standard InChI is InChI=1S/C8H13.K/c1-3-5-7-8-6-4-2;/h3-5H,1-2,6-8H2;/q;+1. The van der Waals surface area contributed by atoms with Crippen molar-refractivity contribution in [1.29, 1.82) is 0 Å². The van der Waals surface area contributed by atoms with Crippen LogP contribution in [0, 0.1) is 6.42 Å². The Morgan fingerprint density at radius 2 is 1.78 bits per heavy atom. The van der Waals surface area contributed by atoms with E-state index >= 15 is 0 Å². The summed E-state index contributed by atoms with van der Waals surface area (Å²) < 4.78 is 0. The fraction of sp³-hybridized carbons (Fsp3) is 0.375. The molecule has 0 aliphatic heterocycles. The predicted octanol–water partition coefficient (Wildman–Crippen LogP) is -0.263. The van der Waals surface area contributed by atoms with Gasteiger partial charge in [0.1, 0.15) is 0 Å². The molecule has 1 heteroatoms. The molecule has 0 aromatic rings. The minimum absolute atomic E-state index is 0. The Balaban J connectivity index is 0. The molecule has 0 amide bonds. The van der Waals surface area contributed by atoms with Crippen molar-refractivity contribution in [3.05, 3.63) is 31.7 Å². The van der Waals surface area contributed by atoms with Crippen LogP contribution in [-0.2, 0) is 0 Å². The normalized spacial score (nSPS) is 7.56. The van der Waals surface area contributed by atoms with E-state index in [1.165, 1.54) is 6.42 Å². The Hall–Kier alpha value is 1.12. The number of rotatable bonds is 5. The maximum atomic E-state index is 3.62. The average Bonchev–Trinajstić information content (AvgIpc) is 1.81. The average molecular weight is 148 g/mol. The maximum absolute atomic E-state index is 3.62. The topological polar surface area (TPSA) is 0 Å². The fourth-order valence-electron chi connectivity index (χ4n) is 0.498. The van der Waals surface area contributed by atoms with E-state index in [4.69, 9.17) is 0 Å². The summed E-state index contributed by atoms with van der Waals surface area (Å²) >= 11 is 0. The van der Waals surface area contributed by atoms with E-state index in [2.05, 4.69) is 19.6 Å². The van der Waals surface area contributed by atoms with Crippen LogP contribution in [0.2, 0.25) is 0 Å². The van der Waals surface area contributed by atoms with E-state index in [1.807, 2.05) is 12.2 Å². The van der Waals surface area contributed by atoms with Crippen molar-refractivity contribution in [3.8, 4) is 0 Å². The molecule has 0 nitrogen and oxygen atoms in total. The van der Waals surface area contributed by atoms with Gasteiger partial charge < -0.3 is 0 Å². The zero-order valence-electron chi connectivity index (χ0n) is 6.27. The van der Waals surface area contributed by atoms with Crippen LogP contribution in [0.5, 0.6) is 0 Å². The molecule has 0 atom stereocenters. The van der Waals surface area contributed by atoms with Crippen molar-refractivity contribution in [2.24, 2.45) is 0 Å². The van der Waals surface area contributed by atoms with Crippen LogP contribution in [0.1, 0.15) is 19.3 Å². The van der Waals surface area contributed by atoms with E-state index in [0.717, 1.165) is 12.8 Å². The third kappa shape index (κ3) is 12.3. The van der Waals surface area contributed by atoms with Gasteiger partial charge in [-0.05, 0) is 25.7 Å². The quantitative estimate of drug-likeness (QED) is 0.286. The molecule has 0 saturated heterocycles. The smallest absolute Gasteiger partial charge is 0.103 e. The fourth-order valence-corrected chi connectivity index (χ4v) is 0.498. The molecule has 0 saturated carbocycles. The van der Waals surface area contributed by atoms with Gasteiger partial charge in [0.25, 0.3) is 0 Å². The monoisotopic (exact) mass is 148 g/mol. The van der Waals surface area contributed by atoms with Gasteiger partial charge in [0.15, 0.2) is 0 Å². The van der Waals surface area contributed by atoms with Gasteiger partial charge in [-0.25, -0.2) is 0 Å². The molecule has 0 rings (SSSR count). The molecular weight excluding hydrogens is 135 g/mol. The molecule has 0 aromatic heterocycles. The van der Waals surface area contributed by atoms with Crippen molar-refractivity contribution < 1.29 is 51.4 Å². The molecule has 9 heavy (non-hydrogen) atoms. The van der Waals surface area contributed by atoms with Crippen molar-refractivity contribution >= 4 is 0 Å². The number of allylic oxidation sites excluding steroid dienone is 2. The van der Waals surface area contributed by atoms with Crippen LogP contribution in [0.4, 0.5) is 0 Å². The van der Waals surface area contributed by atoms with Crippen molar-refractivity contribution in [2.75, 3.05) is 0 Å². The van der Waals surface area contributed by atoms with E-state index in [0.29, 0.717) is 0 Å². The molecule has 0 unspecified atom stereocenters. The van der Waals surface area contributed by atoms with Gasteiger partial charge >= 0.3 is 51.4 Å². The zero-order valence-corrected chi connectivity index (χ0v) is 9.39.